The van der Waals surface area contributed by atoms with E-state index in [1.54, 1.807) is 24.3 Å². The van der Waals surface area contributed by atoms with Gasteiger partial charge in [-0.15, -0.1) is 0 Å². The molecule has 8 nitrogen and oxygen atoms in total. The Balaban J connectivity index is 1.92. The van der Waals surface area contributed by atoms with E-state index in [4.69, 9.17) is 0 Å². The molecule has 1 saturated heterocycles. The fraction of sp³-hybridized carbons (Fsp3) is 0.192. The quantitative estimate of drug-likeness (QED) is 0.289. The number of nitrogens with zero attached hydrogens (tertiary/aromatic N) is 3. The van der Waals surface area contributed by atoms with E-state index in [9.17, 15) is 23.3 Å². The van der Waals surface area contributed by atoms with Crippen molar-refractivity contribution in [3.05, 3.63) is 104 Å². The lowest BCUT2D eigenvalue weighted by atomic mass is 10.1. The van der Waals surface area contributed by atoms with Crippen LogP contribution in [0.1, 0.15) is 27.6 Å². The number of anilines is 2. The summed E-state index contributed by atoms with van der Waals surface area (Å²) in [6.45, 7) is 3.72. The van der Waals surface area contributed by atoms with Gasteiger partial charge in [-0.1, -0.05) is 30.3 Å². The van der Waals surface area contributed by atoms with Crippen LogP contribution in [-0.2, 0) is 14.6 Å². The Morgan fingerprint density at radius 1 is 0.971 bits per heavy atom. The summed E-state index contributed by atoms with van der Waals surface area (Å²) in [4.78, 5) is 27.2. The molecule has 0 aliphatic carbocycles. The Hall–Kier alpha value is -3.98. The van der Waals surface area contributed by atoms with Gasteiger partial charge in [0.15, 0.2) is 5.37 Å². The van der Waals surface area contributed by atoms with Crippen molar-refractivity contribution >= 4 is 38.9 Å². The molecule has 4 rings (SSSR count). The zero-order chi connectivity index (χ0) is 25.5. The Morgan fingerprint density at radius 3 is 2.17 bits per heavy atom. The maximum absolute atomic E-state index is 13.8. The van der Waals surface area contributed by atoms with Crippen LogP contribution in [0.15, 0.2) is 71.6 Å². The van der Waals surface area contributed by atoms with Crippen LogP contribution < -0.4 is 9.80 Å². The van der Waals surface area contributed by atoms with Crippen molar-refractivity contribution in [1.82, 2.24) is 0 Å². The van der Waals surface area contributed by atoms with Gasteiger partial charge in [-0.05, 0) is 66.4 Å². The van der Waals surface area contributed by atoms with E-state index in [0.717, 1.165) is 16.8 Å². The summed E-state index contributed by atoms with van der Waals surface area (Å²) in [7, 11) is -0.430. The van der Waals surface area contributed by atoms with Crippen LogP contribution in [0.25, 0.3) is 6.08 Å². The highest BCUT2D eigenvalue weighted by molar-refractivity contribution is 7.97. The van der Waals surface area contributed by atoms with Gasteiger partial charge in [-0.25, -0.2) is 8.42 Å². The van der Waals surface area contributed by atoms with E-state index in [1.807, 2.05) is 51.0 Å². The average molecular weight is 492 g/mol. The smallest absolute Gasteiger partial charge is 0.271 e. The van der Waals surface area contributed by atoms with Gasteiger partial charge in [-0.2, -0.15) is 0 Å². The van der Waals surface area contributed by atoms with Crippen LogP contribution in [0.4, 0.5) is 17.1 Å². The largest absolute Gasteiger partial charge is 0.378 e. The monoisotopic (exact) mass is 491 g/mol. The molecule has 3 aromatic rings. The molecule has 1 heterocycles. The molecular formula is C26H25N3O5S. The van der Waals surface area contributed by atoms with E-state index in [0.29, 0.717) is 11.3 Å². The number of benzene rings is 3. The predicted octanol–water partition coefficient (Wildman–Crippen LogP) is 4.78. The first kappa shape index (κ1) is 24.2. The summed E-state index contributed by atoms with van der Waals surface area (Å²) < 4.78 is 27.6. The number of nitro benzene ring substituents is 1. The standard InChI is InChI=1S/C26H25N3O5S/c1-17-12-18(2)14-23(13-17)28-25(30)24(15-19-8-10-21(11-9-19)27(3)4)35(33,34)26(28)20-6-5-7-22(16-20)29(31)32/h5-16,26H,1-4H3/b24-15-/t26-/m0/s1. The van der Waals surface area contributed by atoms with Crippen molar-refractivity contribution in [2.24, 2.45) is 0 Å². The van der Waals surface area contributed by atoms with Crippen molar-refractivity contribution in [3.8, 4) is 0 Å². The molecular weight excluding hydrogens is 466 g/mol. The summed E-state index contributed by atoms with van der Waals surface area (Å²) >= 11 is 0. The molecule has 1 aliphatic rings. The van der Waals surface area contributed by atoms with Gasteiger partial charge in [0.2, 0.25) is 9.84 Å². The highest BCUT2D eigenvalue weighted by atomic mass is 32.2. The first-order valence-corrected chi connectivity index (χ1v) is 12.4. The molecule has 1 aliphatic heterocycles. The molecule has 1 amide bonds. The number of non-ortho nitro benzene ring substituents is 1. The Kier molecular flexibility index (Phi) is 6.21. The normalized spacial score (nSPS) is 18.2. The van der Waals surface area contributed by atoms with Crippen molar-refractivity contribution in [2.45, 2.75) is 19.2 Å². The molecule has 0 saturated carbocycles. The van der Waals surface area contributed by atoms with Crippen LogP contribution >= 0.6 is 0 Å². The second kappa shape index (κ2) is 8.99. The van der Waals surface area contributed by atoms with Crippen LogP contribution in [0.5, 0.6) is 0 Å². The first-order chi connectivity index (χ1) is 16.5. The van der Waals surface area contributed by atoms with Gasteiger partial charge in [0.25, 0.3) is 11.6 Å². The number of amides is 1. The predicted molar refractivity (Wildman–Crippen MR) is 137 cm³/mol. The topological polar surface area (TPSA) is 101 Å². The SMILES string of the molecule is Cc1cc(C)cc(N2C(=O)/C(=C/c3ccc(N(C)C)cc3)S(=O)(=O)[C@H]2c2cccc([N+](=O)[O-])c2)c1. The highest BCUT2D eigenvalue weighted by Crippen LogP contribution is 2.44. The highest BCUT2D eigenvalue weighted by Gasteiger charge is 2.50. The fourth-order valence-electron chi connectivity index (χ4n) is 4.23. The molecule has 0 spiro atoms. The van der Waals surface area contributed by atoms with E-state index >= 15 is 0 Å². The number of hydrogen-bond acceptors (Lipinski definition) is 6. The lowest BCUT2D eigenvalue weighted by molar-refractivity contribution is -0.384. The Morgan fingerprint density at radius 2 is 1.60 bits per heavy atom. The third kappa shape index (κ3) is 4.54. The average Bonchev–Trinajstić information content (AvgIpc) is 2.99. The second-order valence-corrected chi connectivity index (χ2v) is 10.7. The summed E-state index contributed by atoms with van der Waals surface area (Å²) in [5.41, 5.74) is 3.53. The number of sulfone groups is 1. The van der Waals surface area contributed by atoms with Crippen LogP contribution in [0, 0.1) is 24.0 Å². The summed E-state index contributed by atoms with van der Waals surface area (Å²) in [6, 6.07) is 18.0. The molecule has 0 aromatic heterocycles. The minimum atomic E-state index is -4.22. The van der Waals surface area contributed by atoms with Crippen molar-refractivity contribution < 1.29 is 18.1 Å². The minimum absolute atomic E-state index is 0.151. The molecule has 0 radical (unpaired) electrons. The first-order valence-electron chi connectivity index (χ1n) is 10.9. The summed E-state index contributed by atoms with van der Waals surface area (Å²) in [6.07, 6.45) is 1.37. The zero-order valence-electron chi connectivity index (χ0n) is 19.8. The molecule has 0 unspecified atom stereocenters. The van der Waals surface area contributed by atoms with E-state index in [1.165, 1.54) is 35.2 Å². The lowest BCUT2D eigenvalue weighted by Crippen LogP contribution is -2.29. The molecule has 35 heavy (non-hydrogen) atoms. The summed E-state index contributed by atoms with van der Waals surface area (Å²) in [5, 5.41) is 9.95. The van der Waals surface area contributed by atoms with Gasteiger partial charge in [0.05, 0.1) is 4.92 Å². The van der Waals surface area contributed by atoms with E-state index in [-0.39, 0.29) is 16.2 Å². The fourth-order valence-corrected chi connectivity index (χ4v) is 6.11. The van der Waals surface area contributed by atoms with Crippen molar-refractivity contribution in [2.75, 3.05) is 23.9 Å². The van der Waals surface area contributed by atoms with Crippen molar-refractivity contribution in [1.29, 1.82) is 0 Å². The van der Waals surface area contributed by atoms with Gasteiger partial charge in [0, 0.05) is 37.6 Å². The van der Waals surface area contributed by atoms with Gasteiger partial charge >= 0.3 is 0 Å². The molecule has 180 valence electrons. The van der Waals surface area contributed by atoms with E-state index < -0.39 is 26.0 Å². The van der Waals surface area contributed by atoms with Gasteiger partial charge in [0.1, 0.15) is 4.91 Å². The minimum Gasteiger partial charge on any atom is -0.378 e. The number of rotatable bonds is 5. The third-order valence-electron chi connectivity index (χ3n) is 5.82. The lowest BCUT2D eigenvalue weighted by Gasteiger charge is -2.24. The maximum atomic E-state index is 13.8. The number of carbonyl (C=O) groups is 1. The number of nitro groups is 1. The van der Waals surface area contributed by atoms with Gasteiger partial charge in [-0.3, -0.25) is 19.8 Å². The summed E-state index contributed by atoms with van der Waals surface area (Å²) in [5.74, 6) is -0.678. The Bertz CT molecular complexity index is 1440. The molecule has 3 aromatic carbocycles. The molecule has 0 bridgehead atoms. The second-order valence-electron chi connectivity index (χ2n) is 8.77. The van der Waals surface area contributed by atoms with E-state index in [2.05, 4.69) is 0 Å². The molecule has 0 N–H and O–H groups in total. The third-order valence-corrected chi connectivity index (χ3v) is 7.80. The molecule has 1 fully saturated rings. The molecule has 1 atom stereocenters. The number of carbonyl (C=O) groups excluding carboxylic acids is 1. The zero-order valence-corrected chi connectivity index (χ0v) is 20.6. The van der Waals surface area contributed by atoms with Crippen LogP contribution in [0.3, 0.4) is 0 Å². The molecule has 9 heteroatoms. The van der Waals surface area contributed by atoms with Crippen LogP contribution in [0.2, 0.25) is 0 Å². The Labute approximate surface area is 204 Å². The number of aryl methyl sites for hydroxylation is 2. The van der Waals surface area contributed by atoms with Crippen molar-refractivity contribution in [3.63, 3.8) is 0 Å². The van der Waals surface area contributed by atoms with Crippen LogP contribution in [-0.4, -0.2) is 33.3 Å². The number of hydrogen-bond donors (Lipinski definition) is 0. The maximum Gasteiger partial charge on any atom is 0.271 e. The van der Waals surface area contributed by atoms with Gasteiger partial charge < -0.3 is 4.90 Å².